The molecule has 2 heterocycles. The maximum atomic E-state index is 11.0. The largest absolute Gasteiger partial charge is 0.368 e. The first-order valence-electron chi connectivity index (χ1n) is 6.96. The fraction of sp³-hybridized carbons (Fsp3) is 0.267. The predicted molar refractivity (Wildman–Crippen MR) is 87.2 cm³/mol. The second kappa shape index (κ2) is 6.15. The van der Waals surface area contributed by atoms with Gasteiger partial charge in [0.15, 0.2) is 6.29 Å². The normalized spacial score (nSPS) is 14.9. The maximum Gasteiger partial charge on any atom is 0.269 e. The van der Waals surface area contributed by atoms with Crippen LogP contribution in [0.25, 0.3) is 0 Å². The Morgan fingerprint density at radius 3 is 2.27 bits per heavy atom. The Labute approximate surface area is 131 Å². The van der Waals surface area contributed by atoms with E-state index in [0.717, 1.165) is 48.7 Å². The minimum absolute atomic E-state index is 0.108. The van der Waals surface area contributed by atoms with Gasteiger partial charge in [0.05, 0.1) is 15.5 Å². The van der Waals surface area contributed by atoms with Crippen LogP contribution in [-0.4, -0.2) is 37.4 Å². The maximum absolute atomic E-state index is 11.0. The highest BCUT2D eigenvalue weighted by Crippen LogP contribution is 2.27. The summed E-state index contributed by atoms with van der Waals surface area (Å²) in [7, 11) is 0. The molecule has 7 heteroatoms. The molecule has 0 aliphatic carbocycles. The number of nitro groups is 1. The minimum Gasteiger partial charge on any atom is -0.368 e. The van der Waals surface area contributed by atoms with Crippen molar-refractivity contribution in [3.05, 3.63) is 50.7 Å². The second-order valence-corrected chi connectivity index (χ2v) is 5.98. The molecule has 6 nitrogen and oxygen atoms in total. The van der Waals surface area contributed by atoms with Crippen molar-refractivity contribution in [2.45, 2.75) is 0 Å². The summed E-state index contributed by atoms with van der Waals surface area (Å²) in [5, 5.41) is 12.6. The Morgan fingerprint density at radius 2 is 1.68 bits per heavy atom. The molecule has 1 aromatic carbocycles. The number of aldehydes is 1. The van der Waals surface area contributed by atoms with Crippen molar-refractivity contribution >= 4 is 34.7 Å². The van der Waals surface area contributed by atoms with E-state index in [2.05, 4.69) is 9.80 Å². The molecule has 3 rings (SSSR count). The van der Waals surface area contributed by atoms with Crippen LogP contribution in [0.3, 0.4) is 0 Å². The molecule has 0 bridgehead atoms. The lowest BCUT2D eigenvalue weighted by Crippen LogP contribution is -2.46. The molecular weight excluding hydrogens is 302 g/mol. The molecule has 1 aromatic heterocycles. The first-order chi connectivity index (χ1) is 10.7. The van der Waals surface area contributed by atoms with E-state index in [1.54, 1.807) is 12.1 Å². The van der Waals surface area contributed by atoms with Crippen LogP contribution in [0.2, 0.25) is 0 Å². The Bertz CT molecular complexity index is 676. The monoisotopic (exact) mass is 317 g/mol. The standard InChI is InChI=1S/C15H15N3O3S/c19-11-15-14(5-10-22-15)17-8-6-16(7-9-17)12-1-3-13(4-2-12)18(20)21/h1-5,10-11H,6-9H2. The van der Waals surface area contributed by atoms with Crippen LogP contribution in [0.1, 0.15) is 9.67 Å². The Hall–Kier alpha value is -2.41. The van der Waals surface area contributed by atoms with Crippen LogP contribution in [0, 0.1) is 10.1 Å². The molecule has 0 atom stereocenters. The molecule has 22 heavy (non-hydrogen) atoms. The number of nitrogens with zero attached hydrogens (tertiary/aromatic N) is 3. The quantitative estimate of drug-likeness (QED) is 0.493. The fourth-order valence-corrected chi connectivity index (χ4v) is 3.37. The van der Waals surface area contributed by atoms with E-state index in [1.165, 1.54) is 23.5 Å². The number of carbonyl (C=O) groups excluding carboxylic acids is 1. The van der Waals surface area contributed by atoms with Gasteiger partial charge >= 0.3 is 0 Å². The van der Waals surface area contributed by atoms with Crippen molar-refractivity contribution < 1.29 is 9.72 Å². The fourth-order valence-electron chi connectivity index (χ4n) is 2.65. The third kappa shape index (κ3) is 2.80. The number of rotatable bonds is 4. The molecule has 0 N–H and O–H groups in total. The summed E-state index contributed by atoms with van der Waals surface area (Å²) in [5.74, 6) is 0. The van der Waals surface area contributed by atoms with E-state index < -0.39 is 0 Å². The van der Waals surface area contributed by atoms with E-state index in [-0.39, 0.29) is 10.6 Å². The number of carbonyl (C=O) groups is 1. The van der Waals surface area contributed by atoms with Gasteiger partial charge in [-0.3, -0.25) is 14.9 Å². The van der Waals surface area contributed by atoms with Crippen LogP contribution in [0.5, 0.6) is 0 Å². The van der Waals surface area contributed by atoms with Crippen LogP contribution >= 0.6 is 11.3 Å². The lowest BCUT2D eigenvalue weighted by atomic mass is 10.2. The Kier molecular flexibility index (Phi) is 4.06. The number of thiophene rings is 1. The number of hydrogen-bond donors (Lipinski definition) is 0. The van der Waals surface area contributed by atoms with E-state index in [0.29, 0.717) is 0 Å². The van der Waals surface area contributed by atoms with Gasteiger partial charge in [-0.05, 0) is 23.6 Å². The van der Waals surface area contributed by atoms with Crippen molar-refractivity contribution in [3.8, 4) is 0 Å². The zero-order chi connectivity index (χ0) is 15.5. The molecule has 0 unspecified atom stereocenters. The highest BCUT2D eigenvalue weighted by Gasteiger charge is 2.20. The van der Waals surface area contributed by atoms with Crippen molar-refractivity contribution in [2.75, 3.05) is 36.0 Å². The van der Waals surface area contributed by atoms with Crippen LogP contribution in [0.4, 0.5) is 17.1 Å². The van der Waals surface area contributed by atoms with E-state index in [9.17, 15) is 14.9 Å². The Balaban J connectivity index is 1.66. The molecular formula is C15H15N3O3S. The molecule has 1 aliphatic heterocycles. The molecule has 1 fully saturated rings. The average molecular weight is 317 g/mol. The van der Waals surface area contributed by atoms with Gasteiger partial charge in [-0.15, -0.1) is 11.3 Å². The van der Waals surface area contributed by atoms with Gasteiger partial charge < -0.3 is 9.80 Å². The van der Waals surface area contributed by atoms with Gasteiger partial charge in [0.25, 0.3) is 5.69 Å². The summed E-state index contributed by atoms with van der Waals surface area (Å²) in [6.07, 6.45) is 0.905. The van der Waals surface area contributed by atoms with Gasteiger partial charge in [0.2, 0.25) is 0 Å². The lowest BCUT2D eigenvalue weighted by molar-refractivity contribution is -0.384. The number of hydrogen-bond acceptors (Lipinski definition) is 6. The van der Waals surface area contributed by atoms with Gasteiger partial charge in [-0.25, -0.2) is 0 Å². The van der Waals surface area contributed by atoms with Crippen LogP contribution in [0.15, 0.2) is 35.7 Å². The summed E-state index contributed by atoms with van der Waals surface area (Å²) in [5.41, 5.74) is 2.10. The highest BCUT2D eigenvalue weighted by atomic mass is 32.1. The average Bonchev–Trinajstić information content (AvgIpc) is 3.04. The topological polar surface area (TPSA) is 66.7 Å². The zero-order valence-electron chi connectivity index (χ0n) is 11.8. The van der Waals surface area contributed by atoms with Gasteiger partial charge in [-0.2, -0.15) is 0 Å². The predicted octanol–water partition coefficient (Wildman–Crippen LogP) is 2.80. The number of nitro benzene ring substituents is 1. The lowest BCUT2D eigenvalue weighted by Gasteiger charge is -2.37. The SMILES string of the molecule is O=Cc1sccc1N1CCN(c2ccc([N+](=O)[O-])cc2)CC1. The molecule has 0 amide bonds. The molecule has 0 radical (unpaired) electrons. The minimum atomic E-state index is -0.390. The molecule has 0 saturated carbocycles. The molecule has 114 valence electrons. The zero-order valence-corrected chi connectivity index (χ0v) is 12.7. The number of non-ortho nitro benzene ring substituents is 1. The summed E-state index contributed by atoms with van der Waals surface area (Å²) in [4.78, 5) is 26.5. The van der Waals surface area contributed by atoms with E-state index in [1.807, 2.05) is 11.4 Å². The third-order valence-corrected chi connectivity index (χ3v) is 4.66. The van der Waals surface area contributed by atoms with Crippen LogP contribution in [-0.2, 0) is 0 Å². The van der Waals surface area contributed by atoms with E-state index >= 15 is 0 Å². The van der Waals surface area contributed by atoms with Crippen molar-refractivity contribution in [1.82, 2.24) is 0 Å². The molecule has 1 saturated heterocycles. The highest BCUT2D eigenvalue weighted by molar-refractivity contribution is 7.12. The summed E-state index contributed by atoms with van der Waals surface area (Å²) in [6, 6.07) is 8.62. The van der Waals surface area contributed by atoms with Crippen molar-refractivity contribution in [2.24, 2.45) is 0 Å². The van der Waals surface area contributed by atoms with Gasteiger partial charge in [0, 0.05) is 44.0 Å². The smallest absolute Gasteiger partial charge is 0.269 e. The summed E-state index contributed by atoms with van der Waals surface area (Å²) in [6.45, 7) is 3.31. The number of benzene rings is 1. The van der Waals surface area contributed by atoms with Crippen LogP contribution < -0.4 is 9.80 Å². The Morgan fingerprint density at radius 1 is 1.05 bits per heavy atom. The molecule has 1 aliphatic rings. The summed E-state index contributed by atoms with van der Waals surface area (Å²) >= 11 is 1.46. The first kappa shape index (κ1) is 14.5. The van der Waals surface area contributed by atoms with Crippen molar-refractivity contribution in [3.63, 3.8) is 0 Å². The summed E-state index contributed by atoms with van der Waals surface area (Å²) < 4.78 is 0. The third-order valence-electron chi connectivity index (χ3n) is 3.83. The van der Waals surface area contributed by atoms with Crippen molar-refractivity contribution in [1.29, 1.82) is 0 Å². The first-order valence-corrected chi connectivity index (χ1v) is 7.84. The second-order valence-electron chi connectivity index (χ2n) is 5.04. The number of anilines is 2. The van der Waals surface area contributed by atoms with Gasteiger partial charge in [-0.1, -0.05) is 0 Å². The molecule has 2 aromatic rings. The van der Waals surface area contributed by atoms with E-state index in [4.69, 9.17) is 0 Å². The number of piperazine rings is 1. The van der Waals surface area contributed by atoms with Gasteiger partial charge in [0.1, 0.15) is 0 Å². The molecule has 0 spiro atoms.